The van der Waals surface area contributed by atoms with Crippen LogP contribution in [0.15, 0.2) is 79.1 Å². The maximum absolute atomic E-state index is 12.0. The molecule has 0 amide bonds. The third-order valence-corrected chi connectivity index (χ3v) is 3.83. The number of hydrogen-bond acceptors (Lipinski definition) is 3. The number of pyridine rings is 1. The molecule has 3 aromatic rings. The topological polar surface area (TPSA) is 39.4 Å². The van der Waals surface area contributed by atoms with Crippen LogP contribution in [0, 0.1) is 0 Å². The first-order valence-corrected chi connectivity index (χ1v) is 8.08. The monoisotopic (exact) mass is 334 g/mol. The van der Waals surface area contributed by atoms with Crippen molar-refractivity contribution >= 4 is 5.97 Å². The lowest BCUT2D eigenvalue weighted by Crippen LogP contribution is -2.34. The average molecular weight is 334 g/mol. The zero-order chi connectivity index (χ0) is 17.5. The van der Waals surface area contributed by atoms with Crippen molar-refractivity contribution in [3.8, 4) is 5.75 Å². The van der Waals surface area contributed by atoms with E-state index in [1.54, 1.807) is 6.07 Å². The number of esters is 1. The molecule has 4 nitrogen and oxygen atoms in total. The fraction of sp³-hybridized carbons (Fsp3) is 0.143. The Hall–Kier alpha value is -3.14. The fourth-order valence-corrected chi connectivity index (χ4v) is 2.54. The minimum atomic E-state index is -0.407. The maximum atomic E-state index is 12.0. The van der Waals surface area contributed by atoms with Crippen LogP contribution in [0.2, 0.25) is 0 Å². The summed E-state index contributed by atoms with van der Waals surface area (Å²) in [7, 11) is 1.37. The van der Waals surface area contributed by atoms with Gasteiger partial charge in [-0.1, -0.05) is 60.7 Å². The Bertz CT molecular complexity index is 832. The summed E-state index contributed by atoms with van der Waals surface area (Å²) in [6.45, 7) is 1.09. The molecule has 0 aliphatic carbocycles. The highest BCUT2D eigenvalue weighted by molar-refractivity contribution is 5.91. The molecule has 0 N–H and O–H groups in total. The molecule has 0 aliphatic rings. The molecule has 0 saturated heterocycles. The van der Waals surface area contributed by atoms with Crippen molar-refractivity contribution in [2.24, 2.45) is 0 Å². The predicted molar refractivity (Wildman–Crippen MR) is 94.3 cm³/mol. The van der Waals surface area contributed by atoms with Crippen molar-refractivity contribution in [2.75, 3.05) is 7.11 Å². The molecular weight excluding hydrogens is 314 g/mol. The van der Waals surface area contributed by atoms with Crippen LogP contribution in [0.5, 0.6) is 5.75 Å². The molecule has 126 valence electrons. The normalized spacial score (nSPS) is 10.3. The molecule has 0 fully saturated rings. The number of carbonyl (C=O) groups is 1. The summed E-state index contributed by atoms with van der Waals surface area (Å²) in [5.41, 5.74) is 2.63. The first-order valence-electron chi connectivity index (χ1n) is 8.08. The van der Waals surface area contributed by atoms with Crippen LogP contribution in [-0.4, -0.2) is 13.1 Å². The van der Waals surface area contributed by atoms with E-state index in [-0.39, 0.29) is 0 Å². The highest BCUT2D eigenvalue weighted by atomic mass is 16.5. The summed E-state index contributed by atoms with van der Waals surface area (Å²) in [4.78, 5) is 12.0. The largest absolute Gasteiger partial charge is 0.482 e. The van der Waals surface area contributed by atoms with E-state index in [2.05, 4.69) is 12.1 Å². The molecule has 0 radical (unpaired) electrons. The van der Waals surface area contributed by atoms with Crippen molar-refractivity contribution in [3.05, 3.63) is 95.8 Å². The van der Waals surface area contributed by atoms with Gasteiger partial charge in [-0.15, -0.1) is 0 Å². The van der Waals surface area contributed by atoms with Gasteiger partial charge in [-0.3, -0.25) is 0 Å². The zero-order valence-electron chi connectivity index (χ0n) is 14.1. The first kappa shape index (κ1) is 16.7. The maximum Gasteiger partial charge on any atom is 0.342 e. The minimum absolute atomic E-state index is 0.389. The minimum Gasteiger partial charge on any atom is -0.482 e. The lowest BCUT2D eigenvalue weighted by molar-refractivity contribution is -0.688. The second kappa shape index (κ2) is 8.11. The summed E-state index contributed by atoms with van der Waals surface area (Å²) >= 11 is 0. The first-order chi connectivity index (χ1) is 12.3. The fourth-order valence-electron chi connectivity index (χ4n) is 2.54. The summed E-state index contributed by atoms with van der Waals surface area (Å²) < 4.78 is 12.7. The molecule has 3 rings (SSSR count). The second-order valence-corrected chi connectivity index (χ2v) is 5.65. The van der Waals surface area contributed by atoms with Crippen LogP contribution in [-0.2, 0) is 17.9 Å². The van der Waals surface area contributed by atoms with Gasteiger partial charge in [0.1, 0.15) is 12.2 Å². The van der Waals surface area contributed by atoms with Crippen molar-refractivity contribution in [1.29, 1.82) is 0 Å². The van der Waals surface area contributed by atoms with E-state index in [1.165, 1.54) is 12.7 Å². The molecule has 0 atom stereocenters. The molecule has 4 heteroatoms. The van der Waals surface area contributed by atoms with Crippen LogP contribution < -0.4 is 9.30 Å². The van der Waals surface area contributed by atoms with Crippen LogP contribution in [0.4, 0.5) is 0 Å². The standard InChI is InChI=1S/C21H20NO3/c1-24-21(23)19-12-13-22(14-17-8-4-2-5-9-17)15-20(19)25-16-18-10-6-3-7-11-18/h2-13,15H,14,16H2,1H3/q+1. The third-order valence-electron chi connectivity index (χ3n) is 3.83. The van der Waals surface area contributed by atoms with Gasteiger partial charge in [0, 0.05) is 11.6 Å². The van der Waals surface area contributed by atoms with Gasteiger partial charge in [0.15, 0.2) is 18.5 Å². The number of methoxy groups -OCH3 is 1. The number of carbonyl (C=O) groups excluding carboxylic acids is 1. The van der Waals surface area contributed by atoms with E-state index < -0.39 is 5.97 Å². The number of benzene rings is 2. The van der Waals surface area contributed by atoms with Gasteiger partial charge in [0.2, 0.25) is 6.20 Å². The summed E-state index contributed by atoms with van der Waals surface area (Å²) in [5.74, 6) is 0.101. The van der Waals surface area contributed by atoms with E-state index in [4.69, 9.17) is 9.47 Å². The summed E-state index contributed by atoms with van der Waals surface area (Å²) in [6.07, 6.45) is 3.69. The number of rotatable bonds is 6. The number of aromatic nitrogens is 1. The Balaban J connectivity index is 1.83. The lowest BCUT2D eigenvalue weighted by atomic mass is 10.2. The van der Waals surface area contributed by atoms with Gasteiger partial charge in [0.05, 0.1) is 7.11 Å². The molecule has 0 bridgehead atoms. The number of hydrogen-bond donors (Lipinski definition) is 0. The van der Waals surface area contributed by atoms with Crippen LogP contribution in [0.3, 0.4) is 0 Å². The van der Waals surface area contributed by atoms with Crippen LogP contribution in [0.25, 0.3) is 0 Å². The van der Waals surface area contributed by atoms with Gasteiger partial charge in [-0.2, -0.15) is 4.57 Å². The SMILES string of the molecule is COC(=O)c1cc[n+](Cc2ccccc2)cc1OCc1ccccc1. The highest BCUT2D eigenvalue weighted by Gasteiger charge is 2.18. The molecule has 25 heavy (non-hydrogen) atoms. The summed E-state index contributed by atoms with van der Waals surface area (Å²) in [6, 6.07) is 21.7. The van der Waals surface area contributed by atoms with Gasteiger partial charge in [-0.25, -0.2) is 4.79 Å². The zero-order valence-corrected chi connectivity index (χ0v) is 14.1. The van der Waals surface area contributed by atoms with Gasteiger partial charge in [0.25, 0.3) is 0 Å². The Morgan fingerprint density at radius 1 is 0.920 bits per heavy atom. The predicted octanol–water partition coefficient (Wildman–Crippen LogP) is 3.39. The molecular formula is C21H20NO3+. The summed E-state index contributed by atoms with van der Waals surface area (Å²) in [5, 5.41) is 0. The molecule has 0 aliphatic heterocycles. The van der Waals surface area contributed by atoms with E-state index in [9.17, 15) is 4.79 Å². The van der Waals surface area contributed by atoms with Crippen molar-refractivity contribution < 1.29 is 18.8 Å². The Morgan fingerprint density at radius 2 is 1.56 bits per heavy atom. The van der Waals surface area contributed by atoms with Crippen molar-refractivity contribution in [1.82, 2.24) is 0 Å². The molecule has 2 aromatic carbocycles. The van der Waals surface area contributed by atoms with Gasteiger partial charge < -0.3 is 9.47 Å². The Morgan fingerprint density at radius 3 is 2.20 bits per heavy atom. The van der Waals surface area contributed by atoms with E-state index >= 15 is 0 Å². The second-order valence-electron chi connectivity index (χ2n) is 5.65. The molecule has 1 heterocycles. The molecule has 0 unspecified atom stereocenters. The van der Waals surface area contributed by atoms with E-state index in [1.807, 2.05) is 65.5 Å². The smallest absolute Gasteiger partial charge is 0.342 e. The van der Waals surface area contributed by atoms with Crippen LogP contribution >= 0.6 is 0 Å². The van der Waals surface area contributed by atoms with E-state index in [0.29, 0.717) is 24.5 Å². The van der Waals surface area contributed by atoms with E-state index in [0.717, 1.165) is 5.56 Å². The number of nitrogens with zero attached hydrogens (tertiary/aromatic N) is 1. The molecule has 0 spiro atoms. The van der Waals surface area contributed by atoms with Crippen molar-refractivity contribution in [2.45, 2.75) is 13.2 Å². The van der Waals surface area contributed by atoms with Crippen molar-refractivity contribution in [3.63, 3.8) is 0 Å². The number of ether oxygens (including phenoxy) is 2. The molecule has 1 aromatic heterocycles. The lowest BCUT2D eigenvalue weighted by Gasteiger charge is -2.09. The molecule has 0 saturated carbocycles. The Labute approximate surface area is 147 Å². The van der Waals surface area contributed by atoms with Gasteiger partial charge >= 0.3 is 5.97 Å². The third kappa shape index (κ3) is 4.44. The van der Waals surface area contributed by atoms with Crippen LogP contribution in [0.1, 0.15) is 21.5 Å². The Kier molecular flexibility index (Phi) is 5.42. The highest BCUT2D eigenvalue weighted by Crippen LogP contribution is 2.18. The quantitative estimate of drug-likeness (QED) is 0.512. The average Bonchev–Trinajstić information content (AvgIpc) is 2.67. The van der Waals surface area contributed by atoms with Gasteiger partial charge in [-0.05, 0) is 5.56 Å².